The number of benzene rings is 2. The molecule has 1 aliphatic rings. The Bertz CT molecular complexity index is 977. The van der Waals surface area contributed by atoms with Gasteiger partial charge >= 0.3 is 0 Å². The maximum atomic E-state index is 13.0. The molecule has 2 aromatic carbocycles. The molecule has 0 fully saturated rings. The van der Waals surface area contributed by atoms with Gasteiger partial charge in [-0.25, -0.2) is 0 Å². The second-order valence-corrected chi connectivity index (χ2v) is 7.62. The minimum atomic E-state index is 0.0262. The first kappa shape index (κ1) is 17.8. The molecule has 138 valence electrons. The lowest BCUT2D eigenvalue weighted by Crippen LogP contribution is -2.38. The Labute approximate surface area is 164 Å². The molecule has 4 rings (SSSR count). The van der Waals surface area contributed by atoms with Crippen LogP contribution >= 0.6 is 11.6 Å². The fraction of sp³-hybridized carbons (Fsp3) is 0.273. The smallest absolute Gasteiger partial charge is 0.257 e. The van der Waals surface area contributed by atoms with Crippen LogP contribution in [-0.2, 0) is 13.0 Å². The highest BCUT2D eigenvalue weighted by Gasteiger charge is 2.29. The van der Waals surface area contributed by atoms with Crippen LogP contribution in [0.3, 0.4) is 0 Å². The van der Waals surface area contributed by atoms with Crippen molar-refractivity contribution in [2.24, 2.45) is 0 Å². The lowest BCUT2D eigenvalue weighted by atomic mass is 9.93. The van der Waals surface area contributed by atoms with Crippen LogP contribution in [0.5, 0.6) is 0 Å². The van der Waals surface area contributed by atoms with E-state index < -0.39 is 0 Å². The van der Waals surface area contributed by atoms with Gasteiger partial charge in [-0.15, -0.1) is 0 Å². The minimum absolute atomic E-state index is 0.0262. The number of rotatable bonds is 3. The Balaban J connectivity index is 1.51. The van der Waals surface area contributed by atoms with Gasteiger partial charge in [-0.3, -0.25) is 9.48 Å². The van der Waals surface area contributed by atoms with Gasteiger partial charge in [0.05, 0.1) is 24.3 Å². The van der Waals surface area contributed by atoms with Crippen LogP contribution in [0.2, 0.25) is 5.02 Å². The van der Waals surface area contributed by atoms with Crippen LogP contribution in [0.15, 0.2) is 54.9 Å². The Morgan fingerprint density at radius 2 is 2.00 bits per heavy atom. The van der Waals surface area contributed by atoms with Crippen LogP contribution in [-0.4, -0.2) is 27.1 Å². The zero-order valence-electron chi connectivity index (χ0n) is 15.5. The number of halogens is 1. The second kappa shape index (κ2) is 7.20. The molecule has 2 heterocycles. The summed E-state index contributed by atoms with van der Waals surface area (Å²) in [6.45, 7) is 5.49. The fourth-order valence-corrected chi connectivity index (χ4v) is 3.88. The predicted octanol–water partition coefficient (Wildman–Crippen LogP) is 4.65. The summed E-state index contributed by atoms with van der Waals surface area (Å²) in [5.74, 6) is 0.0262. The van der Waals surface area contributed by atoms with Crippen molar-refractivity contribution in [3.8, 4) is 0 Å². The van der Waals surface area contributed by atoms with Gasteiger partial charge in [-0.1, -0.05) is 47.5 Å². The Morgan fingerprint density at radius 1 is 1.22 bits per heavy atom. The second-order valence-electron chi connectivity index (χ2n) is 7.18. The first-order valence-electron chi connectivity index (χ1n) is 9.18. The van der Waals surface area contributed by atoms with Gasteiger partial charge in [0.2, 0.25) is 0 Å². The molecule has 27 heavy (non-hydrogen) atoms. The van der Waals surface area contributed by atoms with Gasteiger partial charge in [0.1, 0.15) is 0 Å². The maximum absolute atomic E-state index is 13.0. The van der Waals surface area contributed by atoms with E-state index in [1.54, 1.807) is 6.20 Å². The molecule has 5 heteroatoms. The molecule has 1 aliphatic heterocycles. The molecular formula is C22H22ClN3O. The number of hydrogen-bond acceptors (Lipinski definition) is 2. The largest absolute Gasteiger partial charge is 0.331 e. The first-order valence-corrected chi connectivity index (χ1v) is 9.56. The van der Waals surface area contributed by atoms with E-state index in [0.717, 1.165) is 11.4 Å². The monoisotopic (exact) mass is 379 g/mol. The van der Waals surface area contributed by atoms with Crippen molar-refractivity contribution in [2.75, 3.05) is 6.54 Å². The molecule has 0 spiro atoms. The van der Waals surface area contributed by atoms with Crippen molar-refractivity contribution in [3.05, 3.63) is 87.7 Å². The van der Waals surface area contributed by atoms with Crippen LogP contribution in [0, 0.1) is 6.92 Å². The van der Waals surface area contributed by atoms with Gasteiger partial charge in [0.15, 0.2) is 0 Å². The van der Waals surface area contributed by atoms with Gasteiger partial charge in [0, 0.05) is 17.8 Å². The number of nitrogens with zero attached hydrogens (tertiary/aromatic N) is 3. The highest BCUT2D eigenvalue weighted by molar-refractivity contribution is 6.30. The molecular weight excluding hydrogens is 358 g/mol. The Kier molecular flexibility index (Phi) is 4.75. The molecule has 1 unspecified atom stereocenters. The molecule has 0 N–H and O–H groups in total. The molecule has 3 aromatic rings. The molecule has 0 aliphatic carbocycles. The Morgan fingerprint density at radius 3 is 2.78 bits per heavy atom. The molecule has 1 aromatic heterocycles. The van der Waals surface area contributed by atoms with Gasteiger partial charge in [-0.2, -0.15) is 5.10 Å². The molecule has 0 saturated heterocycles. The van der Waals surface area contributed by atoms with Gasteiger partial charge in [0.25, 0.3) is 5.91 Å². The molecule has 4 nitrogen and oxygen atoms in total. The number of aromatic nitrogens is 2. The number of aryl methyl sites for hydroxylation is 1. The summed E-state index contributed by atoms with van der Waals surface area (Å²) < 4.78 is 1.82. The molecule has 0 bridgehead atoms. The summed E-state index contributed by atoms with van der Waals surface area (Å²) in [6, 6.07) is 14.3. The van der Waals surface area contributed by atoms with Crippen LogP contribution < -0.4 is 0 Å². The van der Waals surface area contributed by atoms with Crippen molar-refractivity contribution in [1.82, 2.24) is 14.7 Å². The van der Waals surface area contributed by atoms with Crippen molar-refractivity contribution in [1.29, 1.82) is 0 Å². The topological polar surface area (TPSA) is 38.1 Å². The standard InChI is InChI=1S/C22H22ClN3O/c1-15-3-5-17(6-4-15)13-25-14-19(12-24-25)22(27)26-10-9-18-11-20(23)7-8-21(18)16(26)2/h3-8,11-12,14,16H,9-10,13H2,1-2H3. The molecule has 0 radical (unpaired) electrons. The SMILES string of the molecule is Cc1ccc(Cn2cc(C(=O)N3CCc4cc(Cl)ccc4C3C)cn2)cc1. The number of carbonyl (C=O) groups is 1. The summed E-state index contributed by atoms with van der Waals surface area (Å²) in [6.07, 6.45) is 4.33. The first-order chi connectivity index (χ1) is 13.0. The van der Waals surface area contributed by atoms with E-state index in [9.17, 15) is 4.79 Å². The quantitative estimate of drug-likeness (QED) is 0.664. The zero-order valence-corrected chi connectivity index (χ0v) is 16.3. The summed E-state index contributed by atoms with van der Waals surface area (Å²) in [5.41, 5.74) is 5.43. The van der Waals surface area contributed by atoms with Crippen LogP contribution in [0.4, 0.5) is 0 Å². The van der Waals surface area contributed by atoms with Gasteiger partial charge < -0.3 is 4.90 Å². The molecule has 1 amide bonds. The molecule has 1 atom stereocenters. The number of hydrogen-bond donors (Lipinski definition) is 0. The summed E-state index contributed by atoms with van der Waals surface area (Å²) in [4.78, 5) is 15.0. The third kappa shape index (κ3) is 3.62. The fourth-order valence-electron chi connectivity index (χ4n) is 3.69. The highest BCUT2D eigenvalue weighted by Crippen LogP contribution is 2.32. The van der Waals surface area contributed by atoms with Crippen molar-refractivity contribution in [3.63, 3.8) is 0 Å². The minimum Gasteiger partial charge on any atom is -0.331 e. The average molecular weight is 380 g/mol. The zero-order chi connectivity index (χ0) is 19.0. The third-order valence-electron chi connectivity index (χ3n) is 5.25. The van der Waals surface area contributed by atoms with E-state index in [1.807, 2.05) is 34.0 Å². The summed E-state index contributed by atoms with van der Waals surface area (Å²) in [7, 11) is 0. The Hall–Kier alpha value is -2.59. The van der Waals surface area contributed by atoms with E-state index in [-0.39, 0.29) is 11.9 Å². The number of fused-ring (bicyclic) bond motifs is 1. The van der Waals surface area contributed by atoms with E-state index in [0.29, 0.717) is 18.7 Å². The van der Waals surface area contributed by atoms with E-state index in [1.165, 1.54) is 22.3 Å². The van der Waals surface area contributed by atoms with E-state index >= 15 is 0 Å². The van der Waals surface area contributed by atoms with Crippen molar-refractivity contribution >= 4 is 17.5 Å². The number of carbonyl (C=O) groups excluding carboxylic acids is 1. The lowest BCUT2D eigenvalue weighted by molar-refractivity contribution is 0.0677. The maximum Gasteiger partial charge on any atom is 0.257 e. The van der Waals surface area contributed by atoms with Crippen LogP contribution in [0.1, 0.15) is 45.6 Å². The highest BCUT2D eigenvalue weighted by atomic mass is 35.5. The summed E-state index contributed by atoms with van der Waals surface area (Å²) >= 11 is 6.11. The van der Waals surface area contributed by atoms with Crippen molar-refractivity contribution in [2.45, 2.75) is 32.9 Å². The number of amides is 1. The van der Waals surface area contributed by atoms with E-state index in [2.05, 4.69) is 43.2 Å². The average Bonchev–Trinajstić information content (AvgIpc) is 3.12. The van der Waals surface area contributed by atoms with Crippen molar-refractivity contribution < 1.29 is 4.79 Å². The van der Waals surface area contributed by atoms with Crippen LogP contribution in [0.25, 0.3) is 0 Å². The predicted molar refractivity (Wildman–Crippen MR) is 107 cm³/mol. The van der Waals surface area contributed by atoms with E-state index in [4.69, 9.17) is 11.6 Å². The molecule has 0 saturated carbocycles. The third-order valence-corrected chi connectivity index (χ3v) is 5.49. The normalized spacial score (nSPS) is 16.3. The van der Waals surface area contributed by atoms with Gasteiger partial charge in [-0.05, 0) is 49.1 Å². The lowest BCUT2D eigenvalue weighted by Gasteiger charge is -2.35. The summed E-state index contributed by atoms with van der Waals surface area (Å²) in [5, 5.41) is 5.13.